The Bertz CT molecular complexity index is 426. The molecule has 5 fully saturated rings. The van der Waals surface area contributed by atoms with Crippen LogP contribution < -0.4 is 0 Å². The molecule has 0 saturated heterocycles. The van der Waals surface area contributed by atoms with E-state index >= 15 is 0 Å². The van der Waals surface area contributed by atoms with Crippen molar-refractivity contribution in [2.24, 2.45) is 28.6 Å². The standard InChI is InChI=1S/C15H21IO3/c1-18-12(17)6-19-13-9-2-11-14(3-9)4-10(13)5-15(11,7-14)8-16/h9-11,13H,2-8H2,1H3. The maximum absolute atomic E-state index is 11.3. The highest BCUT2D eigenvalue weighted by Gasteiger charge is 2.73. The van der Waals surface area contributed by atoms with Crippen LogP contribution >= 0.6 is 22.6 Å². The van der Waals surface area contributed by atoms with E-state index in [9.17, 15) is 4.79 Å². The average molecular weight is 376 g/mol. The summed E-state index contributed by atoms with van der Waals surface area (Å²) >= 11 is 2.59. The lowest BCUT2D eigenvalue weighted by molar-refractivity contribution is -0.196. The molecule has 0 aromatic rings. The summed E-state index contributed by atoms with van der Waals surface area (Å²) in [5.74, 6) is 2.14. The number of methoxy groups -OCH3 is 1. The molecule has 0 aromatic heterocycles. The Morgan fingerprint density at radius 2 is 2.11 bits per heavy atom. The van der Waals surface area contributed by atoms with Gasteiger partial charge in [0.1, 0.15) is 6.61 Å². The van der Waals surface area contributed by atoms with Crippen LogP contribution in [0.2, 0.25) is 0 Å². The van der Waals surface area contributed by atoms with Crippen LogP contribution in [0.25, 0.3) is 0 Å². The molecule has 0 N–H and O–H groups in total. The minimum absolute atomic E-state index is 0.142. The molecule has 0 aromatic carbocycles. The molecule has 19 heavy (non-hydrogen) atoms. The van der Waals surface area contributed by atoms with Crippen LogP contribution in [0.4, 0.5) is 0 Å². The lowest BCUT2D eigenvalue weighted by Crippen LogP contribution is -2.62. The Morgan fingerprint density at radius 1 is 1.32 bits per heavy atom. The van der Waals surface area contributed by atoms with Gasteiger partial charge in [-0.1, -0.05) is 22.6 Å². The minimum Gasteiger partial charge on any atom is -0.467 e. The molecule has 4 bridgehead atoms. The summed E-state index contributed by atoms with van der Waals surface area (Å²) in [5.41, 5.74) is 1.31. The average Bonchev–Trinajstić information content (AvgIpc) is 2.63. The summed E-state index contributed by atoms with van der Waals surface area (Å²) in [6.45, 7) is 0.142. The topological polar surface area (TPSA) is 35.5 Å². The van der Waals surface area contributed by atoms with Crippen molar-refractivity contribution in [3.63, 3.8) is 0 Å². The Balaban J connectivity index is 1.53. The monoisotopic (exact) mass is 376 g/mol. The summed E-state index contributed by atoms with van der Waals surface area (Å²) in [5, 5.41) is 0. The number of esters is 1. The maximum Gasteiger partial charge on any atom is 0.331 e. The second kappa shape index (κ2) is 4.09. The van der Waals surface area contributed by atoms with Crippen molar-refractivity contribution in [1.29, 1.82) is 0 Å². The van der Waals surface area contributed by atoms with E-state index in [0.29, 0.717) is 28.8 Å². The third-order valence-corrected chi connectivity index (χ3v) is 8.06. The number of alkyl halides is 1. The molecule has 0 heterocycles. The van der Waals surface area contributed by atoms with Crippen LogP contribution in [0.1, 0.15) is 32.1 Å². The molecule has 5 rings (SSSR count). The molecule has 5 saturated carbocycles. The lowest BCUT2D eigenvalue weighted by Gasteiger charge is -2.68. The first kappa shape index (κ1) is 12.9. The van der Waals surface area contributed by atoms with Gasteiger partial charge < -0.3 is 9.47 Å². The van der Waals surface area contributed by atoms with E-state index in [1.54, 1.807) is 0 Å². The second-order valence-corrected chi connectivity index (χ2v) is 8.07. The Hall–Kier alpha value is 0.160. The molecular formula is C15H21IO3. The number of halogens is 1. The van der Waals surface area contributed by atoms with Gasteiger partial charge in [0.15, 0.2) is 0 Å². The van der Waals surface area contributed by atoms with E-state index in [1.165, 1.54) is 43.6 Å². The van der Waals surface area contributed by atoms with Crippen LogP contribution in [0.3, 0.4) is 0 Å². The number of ether oxygens (including phenoxy) is 2. The molecule has 3 nitrogen and oxygen atoms in total. The normalized spacial score (nSPS) is 52.9. The third kappa shape index (κ3) is 1.56. The number of carbonyl (C=O) groups is 1. The summed E-state index contributed by atoms with van der Waals surface area (Å²) < 4.78 is 12.0. The van der Waals surface area contributed by atoms with Gasteiger partial charge in [0.05, 0.1) is 13.2 Å². The van der Waals surface area contributed by atoms with Crippen LogP contribution in [0.15, 0.2) is 0 Å². The van der Waals surface area contributed by atoms with Gasteiger partial charge in [0.25, 0.3) is 0 Å². The number of hydrogen-bond donors (Lipinski definition) is 0. The highest BCUT2D eigenvalue weighted by molar-refractivity contribution is 14.1. The predicted octanol–water partition coefficient (Wildman–Crippen LogP) is 2.81. The summed E-state index contributed by atoms with van der Waals surface area (Å²) in [6.07, 6.45) is 7.21. The van der Waals surface area contributed by atoms with E-state index in [-0.39, 0.29) is 12.6 Å². The molecule has 106 valence electrons. The molecule has 0 amide bonds. The van der Waals surface area contributed by atoms with Gasteiger partial charge in [-0.15, -0.1) is 0 Å². The number of rotatable bonds is 4. The summed E-state index contributed by atoms with van der Waals surface area (Å²) in [7, 11) is 1.43. The van der Waals surface area contributed by atoms with E-state index in [0.717, 1.165) is 5.92 Å². The van der Waals surface area contributed by atoms with Crippen molar-refractivity contribution < 1.29 is 14.3 Å². The first-order valence-electron chi connectivity index (χ1n) is 7.37. The van der Waals surface area contributed by atoms with Gasteiger partial charge >= 0.3 is 5.97 Å². The fraction of sp³-hybridized carbons (Fsp3) is 0.933. The molecule has 0 aliphatic heterocycles. The van der Waals surface area contributed by atoms with E-state index in [4.69, 9.17) is 9.47 Å². The molecule has 1 spiro atoms. The van der Waals surface area contributed by atoms with Crippen molar-refractivity contribution in [3.05, 3.63) is 0 Å². The van der Waals surface area contributed by atoms with Crippen molar-refractivity contribution >= 4 is 28.6 Å². The molecule has 6 atom stereocenters. The van der Waals surface area contributed by atoms with Crippen molar-refractivity contribution in [1.82, 2.24) is 0 Å². The summed E-state index contributed by atoms with van der Waals surface area (Å²) in [6, 6.07) is 0. The highest BCUT2D eigenvalue weighted by atomic mass is 127. The predicted molar refractivity (Wildman–Crippen MR) is 79.1 cm³/mol. The van der Waals surface area contributed by atoms with Gasteiger partial charge in [-0.05, 0) is 60.7 Å². The fourth-order valence-electron chi connectivity index (χ4n) is 6.28. The Labute approximate surface area is 127 Å². The van der Waals surface area contributed by atoms with Crippen LogP contribution in [0, 0.1) is 28.6 Å². The Morgan fingerprint density at radius 3 is 2.84 bits per heavy atom. The SMILES string of the molecule is COC(=O)COC1C2CC3C4(CI)CC1CC3(C2)C4. The molecule has 5 aliphatic rings. The first-order chi connectivity index (χ1) is 9.12. The maximum atomic E-state index is 11.3. The van der Waals surface area contributed by atoms with Crippen LogP contribution in [-0.2, 0) is 14.3 Å². The second-order valence-electron chi connectivity index (χ2n) is 7.31. The summed E-state index contributed by atoms with van der Waals surface area (Å²) in [4.78, 5) is 11.3. The number of hydrogen-bond acceptors (Lipinski definition) is 3. The fourth-order valence-corrected chi connectivity index (χ4v) is 7.39. The molecule has 6 unspecified atom stereocenters. The largest absolute Gasteiger partial charge is 0.467 e. The van der Waals surface area contributed by atoms with E-state index in [1.807, 2.05) is 0 Å². The molecule has 0 radical (unpaired) electrons. The zero-order valence-corrected chi connectivity index (χ0v) is 13.5. The molecule has 5 aliphatic carbocycles. The van der Waals surface area contributed by atoms with Crippen LogP contribution in [-0.4, -0.2) is 30.2 Å². The highest BCUT2D eigenvalue weighted by Crippen LogP contribution is 2.80. The van der Waals surface area contributed by atoms with Gasteiger partial charge in [-0.3, -0.25) is 0 Å². The minimum atomic E-state index is -0.235. The lowest BCUT2D eigenvalue weighted by atomic mass is 9.38. The van der Waals surface area contributed by atoms with Crippen LogP contribution in [0.5, 0.6) is 0 Å². The number of carbonyl (C=O) groups excluding carboxylic acids is 1. The van der Waals surface area contributed by atoms with Crippen molar-refractivity contribution in [3.8, 4) is 0 Å². The smallest absolute Gasteiger partial charge is 0.331 e. The first-order valence-corrected chi connectivity index (χ1v) is 8.89. The number of fused-ring (bicyclic) bond motifs is 1. The zero-order valence-electron chi connectivity index (χ0n) is 11.4. The van der Waals surface area contributed by atoms with Gasteiger partial charge in [0, 0.05) is 4.43 Å². The van der Waals surface area contributed by atoms with E-state index < -0.39 is 0 Å². The Kier molecular flexibility index (Phi) is 2.77. The van der Waals surface area contributed by atoms with Gasteiger partial charge in [0.2, 0.25) is 0 Å². The van der Waals surface area contributed by atoms with Crippen molar-refractivity contribution in [2.45, 2.75) is 38.2 Å². The third-order valence-electron chi connectivity index (χ3n) is 6.54. The molecular weight excluding hydrogens is 355 g/mol. The van der Waals surface area contributed by atoms with Crippen molar-refractivity contribution in [2.75, 3.05) is 18.1 Å². The zero-order chi connectivity index (χ0) is 13.3. The quantitative estimate of drug-likeness (QED) is 0.430. The van der Waals surface area contributed by atoms with E-state index in [2.05, 4.69) is 22.6 Å². The van der Waals surface area contributed by atoms with Gasteiger partial charge in [-0.25, -0.2) is 4.79 Å². The molecule has 4 heteroatoms. The van der Waals surface area contributed by atoms with Gasteiger partial charge in [-0.2, -0.15) is 0 Å².